The Hall–Kier alpha value is -3.00. The fraction of sp³-hybridized carbons (Fsp3) is 0.286. The van der Waals surface area contributed by atoms with Gasteiger partial charge in [0, 0.05) is 29.9 Å². The Labute approximate surface area is 177 Å². The van der Waals surface area contributed by atoms with E-state index >= 15 is 0 Å². The minimum atomic E-state index is -3.39. The molecule has 2 aromatic carbocycles. The van der Waals surface area contributed by atoms with E-state index in [1.165, 1.54) is 4.57 Å². The van der Waals surface area contributed by atoms with Crippen LogP contribution in [-0.4, -0.2) is 38.9 Å². The van der Waals surface area contributed by atoms with E-state index in [1.54, 1.807) is 32.3 Å². The van der Waals surface area contributed by atoms with Crippen molar-refractivity contribution in [3.8, 4) is 11.4 Å². The smallest absolute Gasteiger partial charge is 0.332 e. The van der Waals surface area contributed by atoms with Crippen LogP contribution in [0.4, 0.5) is 0 Å². The third-order valence-corrected chi connectivity index (χ3v) is 7.03. The maximum atomic E-state index is 12.9. The maximum Gasteiger partial charge on any atom is 0.332 e. The Morgan fingerprint density at radius 3 is 2.45 bits per heavy atom. The molecule has 2 aromatic heterocycles. The van der Waals surface area contributed by atoms with E-state index in [0.717, 1.165) is 16.3 Å². The fourth-order valence-electron chi connectivity index (χ4n) is 3.75. The van der Waals surface area contributed by atoms with Crippen LogP contribution in [0.2, 0.25) is 0 Å². The van der Waals surface area contributed by atoms with Crippen LogP contribution in [-0.2, 0) is 20.2 Å². The van der Waals surface area contributed by atoms with Crippen LogP contribution >= 0.6 is 7.60 Å². The summed E-state index contributed by atoms with van der Waals surface area (Å²) in [6.45, 7) is 3.91. The molecule has 31 heavy (non-hydrogen) atoms. The Morgan fingerprint density at radius 2 is 1.81 bits per heavy atom. The summed E-state index contributed by atoms with van der Waals surface area (Å²) in [5, 5.41) is 1.63. The lowest BCUT2D eigenvalue weighted by atomic mass is 10.0. The Balaban J connectivity index is 1.95. The van der Waals surface area contributed by atoms with E-state index in [2.05, 4.69) is 15.0 Å². The number of aromatic nitrogens is 4. The first-order valence-corrected chi connectivity index (χ1v) is 11.8. The second-order valence-corrected chi connectivity index (χ2v) is 9.07. The lowest BCUT2D eigenvalue weighted by Gasteiger charge is -2.19. The first-order valence-electron chi connectivity index (χ1n) is 10.0. The normalized spacial score (nSPS) is 12.1. The van der Waals surface area contributed by atoms with Gasteiger partial charge in [-0.2, -0.15) is 0 Å². The Kier molecular flexibility index (Phi) is 5.91. The average Bonchev–Trinajstić information content (AvgIpc) is 3.29. The summed E-state index contributed by atoms with van der Waals surface area (Å²) in [5.41, 5.74) is 0.356. The first kappa shape index (κ1) is 21.2. The van der Waals surface area contributed by atoms with Gasteiger partial charge >= 0.3 is 18.7 Å². The molecule has 0 spiro atoms. The van der Waals surface area contributed by atoms with Gasteiger partial charge in [-0.25, -0.2) is 4.98 Å². The molecule has 0 aliphatic rings. The van der Waals surface area contributed by atoms with Gasteiger partial charge in [0.25, 0.3) is 0 Å². The quantitative estimate of drug-likeness (QED) is 0.245. The van der Waals surface area contributed by atoms with E-state index in [1.807, 2.05) is 24.3 Å². The molecular formula is C21H23N4O5P. The molecule has 2 heterocycles. The lowest BCUT2D eigenvalue weighted by Crippen LogP contribution is -2.37. The van der Waals surface area contributed by atoms with Gasteiger partial charge in [0.05, 0.1) is 30.4 Å². The molecule has 162 valence electrons. The molecule has 0 bridgehead atoms. The highest BCUT2D eigenvalue weighted by molar-refractivity contribution is 7.53. The topological polar surface area (TPSA) is 119 Å². The molecule has 0 unspecified atom stereocenters. The predicted octanol–water partition coefficient (Wildman–Crippen LogP) is 3.50. The third-order valence-electron chi connectivity index (χ3n) is 4.98. The molecule has 0 saturated carbocycles. The van der Waals surface area contributed by atoms with Crippen molar-refractivity contribution in [2.75, 3.05) is 19.4 Å². The second-order valence-electron chi connectivity index (χ2n) is 6.88. The number of hydrogen-bond acceptors (Lipinski definition) is 6. The summed E-state index contributed by atoms with van der Waals surface area (Å²) >= 11 is 0. The van der Waals surface area contributed by atoms with Gasteiger partial charge in [0.2, 0.25) is 0 Å². The molecule has 4 aromatic rings. The average molecular weight is 442 g/mol. The van der Waals surface area contributed by atoms with Crippen LogP contribution in [0.3, 0.4) is 0 Å². The molecule has 0 amide bonds. The standard InChI is InChI=1S/C21H23N4O5P/c1-3-29-31(28,30-4-2)12-11-25-18-15-8-6-5-7-14(15)16(19-22-9-10-23-19)13-17(18)24-20(26)21(25)27/h5-10,13H,3-4,11-12H2,1-2H3,(H,22,23)(H,24,26). The number of H-pyrrole nitrogens is 2. The van der Waals surface area contributed by atoms with Crippen LogP contribution in [0.5, 0.6) is 0 Å². The molecule has 10 heteroatoms. The van der Waals surface area contributed by atoms with Crippen molar-refractivity contribution in [1.82, 2.24) is 19.5 Å². The summed E-state index contributed by atoms with van der Waals surface area (Å²) < 4.78 is 25.0. The SMILES string of the molecule is CCOP(=O)(CCn1c(=O)c(=O)[nH]c2cc(-c3ncc[nH]3)c3ccccc3c21)OCC. The van der Waals surface area contributed by atoms with E-state index in [9.17, 15) is 14.2 Å². The Morgan fingerprint density at radius 1 is 1.10 bits per heavy atom. The minimum Gasteiger partial charge on any atom is -0.345 e. The van der Waals surface area contributed by atoms with E-state index in [0.29, 0.717) is 16.9 Å². The van der Waals surface area contributed by atoms with Crippen molar-refractivity contribution in [1.29, 1.82) is 0 Å². The van der Waals surface area contributed by atoms with Crippen LogP contribution in [0.1, 0.15) is 13.8 Å². The Bertz CT molecular complexity index is 1380. The zero-order chi connectivity index (χ0) is 22.0. The van der Waals surface area contributed by atoms with Gasteiger partial charge in [-0.3, -0.25) is 14.2 Å². The number of imidazole rings is 1. The second kappa shape index (κ2) is 8.63. The van der Waals surface area contributed by atoms with Crippen LogP contribution in [0, 0.1) is 0 Å². The summed E-state index contributed by atoms with van der Waals surface area (Å²) in [4.78, 5) is 35.3. The molecule has 4 rings (SSSR count). The van der Waals surface area contributed by atoms with E-state index < -0.39 is 18.7 Å². The molecule has 9 nitrogen and oxygen atoms in total. The van der Waals surface area contributed by atoms with Gasteiger partial charge < -0.3 is 23.6 Å². The number of aryl methyl sites for hydroxylation is 1. The molecule has 0 saturated heterocycles. The van der Waals surface area contributed by atoms with E-state index in [-0.39, 0.29) is 25.9 Å². The molecule has 2 N–H and O–H groups in total. The minimum absolute atomic E-state index is 0.0145. The van der Waals surface area contributed by atoms with Gasteiger partial charge in [0.15, 0.2) is 0 Å². The molecule has 0 aliphatic carbocycles. The number of hydrogen-bond donors (Lipinski definition) is 2. The fourth-order valence-corrected chi connectivity index (χ4v) is 5.31. The zero-order valence-electron chi connectivity index (χ0n) is 17.3. The highest BCUT2D eigenvalue weighted by Crippen LogP contribution is 2.48. The van der Waals surface area contributed by atoms with E-state index in [4.69, 9.17) is 9.05 Å². The number of benzene rings is 2. The van der Waals surface area contributed by atoms with Gasteiger partial charge in [-0.1, -0.05) is 24.3 Å². The van der Waals surface area contributed by atoms with Gasteiger partial charge in [-0.05, 0) is 25.3 Å². The summed E-state index contributed by atoms with van der Waals surface area (Å²) in [5.74, 6) is 0.647. The first-order chi connectivity index (χ1) is 15.0. The van der Waals surface area contributed by atoms with Crippen molar-refractivity contribution in [2.45, 2.75) is 20.4 Å². The molecule has 0 atom stereocenters. The summed E-state index contributed by atoms with van der Waals surface area (Å²) in [7, 11) is -3.39. The maximum absolute atomic E-state index is 12.9. The number of fused-ring (bicyclic) bond motifs is 3. The molecular weight excluding hydrogens is 419 g/mol. The number of nitrogens with zero attached hydrogens (tertiary/aromatic N) is 2. The zero-order valence-corrected chi connectivity index (χ0v) is 18.1. The number of nitrogens with one attached hydrogen (secondary N) is 2. The van der Waals surface area contributed by atoms with Gasteiger partial charge in [-0.15, -0.1) is 0 Å². The van der Waals surface area contributed by atoms with Crippen LogP contribution in [0.15, 0.2) is 52.3 Å². The molecule has 0 fully saturated rings. The van der Waals surface area contributed by atoms with Crippen LogP contribution < -0.4 is 11.1 Å². The van der Waals surface area contributed by atoms with Crippen molar-refractivity contribution >= 4 is 29.4 Å². The summed E-state index contributed by atoms with van der Waals surface area (Å²) in [6.07, 6.45) is 3.34. The number of aromatic amines is 2. The monoisotopic (exact) mass is 442 g/mol. The molecule has 0 aliphatic heterocycles. The van der Waals surface area contributed by atoms with Crippen molar-refractivity contribution in [2.24, 2.45) is 0 Å². The highest BCUT2D eigenvalue weighted by Gasteiger charge is 2.25. The molecule has 0 radical (unpaired) electrons. The largest absolute Gasteiger partial charge is 0.345 e. The van der Waals surface area contributed by atoms with Gasteiger partial charge in [0.1, 0.15) is 5.82 Å². The lowest BCUT2D eigenvalue weighted by molar-refractivity contribution is 0.219. The number of rotatable bonds is 8. The summed E-state index contributed by atoms with van der Waals surface area (Å²) in [6, 6.07) is 9.35. The van der Waals surface area contributed by atoms with Crippen LogP contribution in [0.25, 0.3) is 33.2 Å². The van der Waals surface area contributed by atoms with Crippen molar-refractivity contribution in [3.63, 3.8) is 0 Å². The predicted molar refractivity (Wildman–Crippen MR) is 120 cm³/mol. The van der Waals surface area contributed by atoms with Crippen molar-refractivity contribution in [3.05, 3.63) is 63.4 Å². The highest BCUT2D eigenvalue weighted by atomic mass is 31.2. The third kappa shape index (κ3) is 3.99. The van der Waals surface area contributed by atoms with Crippen molar-refractivity contribution < 1.29 is 13.6 Å².